The number of nitrogens with one attached hydrogen (secondary N) is 4. The lowest BCUT2D eigenvalue weighted by atomic mass is 10.1. The van der Waals surface area contributed by atoms with Crippen molar-refractivity contribution in [1.82, 2.24) is 16.0 Å². The predicted molar refractivity (Wildman–Crippen MR) is 109 cm³/mol. The van der Waals surface area contributed by atoms with Crippen LogP contribution in [0.1, 0.15) is 29.8 Å². The molecule has 28 heavy (non-hydrogen) atoms. The van der Waals surface area contributed by atoms with Crippen LogP contribution >= 0.6 is 11.6 Å². The SMILES string of the molecule is CC(C)NC(=O)c1ccccc1NC(=O)CNC(=O)NCc1ccc(Cl)cc1. The van der Waals surface area contributed by atoms with Gasteiger partial charge < -0.3 is 21.3 Å². The molecule has 0 radical (unpaired) electrons. The largest absolute Gasteiger partial charge is 0.350 e. The summed E-state index contributed by atoms with van der Waals surface area (Å²) in [4.78, 5) is 36.2. The van der Waals surface area contributed by atoms with Crippen molar-refractivity contribution >= 4 is 35.1 Å². The van der Waals surface area contributed by atoms with Gasteiger partial charge in [-0.3, -0.25) is 9.59 Å². The van der Waals surface area contributed by atoms with E-state index in [1.165, 1.54) is 0 Å². The van der Waals surface area contributed by atoms with Crippen LogP contribution in [0.2, 0.25) is 5.02 Å². The maximum absolute atomic E-state index is 12.2. The average molecular weight is 403 g/mol. The van der Waals surface area contributed by atoms with Crippen LogP contribution in [0, 0.1) is 0 Å². The van der Waals surface area contributed by atoms with E-state index in [2.05, 4.69) is 21.3 Å². The molecule has 4 amide bonds. The molecule has 0 atom stereocenters. The van der Waals surface area contributed by atoms with Gasteiger partial charge in [0.25, 0.3) is 5.91 Å². The lowest BCUT2D eigenvalue weighted by Gasteiger charge is -2.13. The zero-order valence-corrected chi connectivity index (χ0v) is 16.5. The summed E-state index contributed by atoms with van der Waals surface area (Å²) in [5.41, 5.74) is 1.62. The molecule has 0 saturated carbocycles. The normalized spacial score (nSPS) is 10.3. The summed E-state index contributed by atoms with van der Waals surface area (Å²) in [6, 6.07) is 13.3. The number of carbonyl (C=O) groups is 3. The van der Waals surface area contributed by atoms with E-state index in [1.54, 1.807) is 48.5 Å². The molecule has 7 nitrogen and oxygen atoms in total. The summed E-state index contributed by atoms with van der Waals surface area (Å²) >= 11 is 5.81. The summed E-state index contributed by atoms with van der Waals surface area (Å²) in [5.74, 6) is -0.717. The molecule has 0 saturated heterocycles. The van der Waals surface area contributed by atoms with Crippen molar-refractivity contribution in [3.8, 4) is 0 Å². The van der Waals surface area contributed by atoms with E-state index in [0.29, 0.717) is 22.8 Å². The third kappa shape index (κ3) is 6.92. The van der Waals surface area contributed by atoms with Crippen LogP contribution in [-0.2, 0) is 11.3 Å². The van der Waals surface area contributed by atoms with E-state index in [1.807, 2.05) is 13.8 Å². The van der Waals surface area contributed by atoms with Gasteiger partial charge in [0.1, 0.15) is 0 Å². The Labute approximate surface area is 168 Å². The van der Waals surface area contributed by atoms with Gasteiger partial charge in [0.15, 0.2) is 0 Å². The Morgan fingerprint density at radius 1 is 0.964 bits per heavy atom. The highest BCUT2D eigenvalue weighted by atomic mass is 35.5. The molecular formula is C20H23ClN4O3. The molecule has 2 aromatic carbocycles. The van der Waals surface area contributed by atoms with Gasteiger partial charge in [-0.1, -0.05) is 35.9 Å². The lowest BCUT2D eigenvalue weighted by Crippen LogP contribution is -2.40. The standard InChI is InChI=1S/C20H23ClN4O3/c1-13(2)24-19(27)16-5-3-4-6-17(16)25-18(26)12-23-20(28)22-11-14-7-9-15(21)10-8-14/h3-10,13H,11-12H2,1-2H3,(H,24,27)(H,25,26)(H2,22,23,28). The zero-order chi connectivity index (χ0) is 20.5. The van der Waals surface area contributed by atoms with E-state index >= 15 is 0 Å². The van der Waals surface area contributed by atoms with E-state index in [4.69, 9.17) is 11.6 Å². The van der Waals surface area contributed by atoms with Crippen LogP contribution in [0.3, 0.4) is 0 Å². The van der Waals surface area contributed by atoms with Gasteiger partial charge in [0.05, 0.1) is 17.8 Å². The second kappa shape index (κ2) is 10.3. The van der Waals surface area contributed by atoms with Gasteiger partial charge in [-0.05, 0) is 43.7 Å². The Morgan fingerprint density at radius 3 is 2.32 bits per heavy atom. The fourth-order valence-electron chi connectivity index (χ4n) is 2.33. The monoisotopic (exact) mass is 402 g/mol. The topological polar surface area (TPSA) is 99.3 Å². The molecule has 0 aliphatic carbocycles. The van der Waals surface area contributed by atoms with Gasteiger partial charge in [-0.15, -0.1) is 0 Å². The van der Waals surface area contributed by atoms with Crippen LogP contribution in [0.15, 0.2) is 48.5 Å². The number of benzene rings is 2. The second-order valence-electron chi connectivity index (χ2n) is 6.38. The summed E-state index contributed by atoms with van der Waals surface area (Å²) in [6.45, 7) is 3.78. The quantitative estimate of drug-likeness (QED) is 0.573. The highest BCUT2D eigenvalue weighted by Crippen LogP contribution is 2.15. The molecule has 2 rings (SSSR count). The highest BCUT2D eigenvalue weighted by Gasteiger charge is 2.14. The summed E-state index contributed by atoms with van der Waals surface area (Å²) in [5, 5.41) is 11.2. The molecular weight excluding hydrogens is 380 g/mol. The number of para-hydroxylation sites is 1. The van der Waals surface area contributed by atoms with E-state index in [0.717, 1.165) is 5.56 Å². The van der Waals surface area contributed by atoms with Gasteiger partial charge >= 0.3 is 6.03 Å². The number of anilines is 1. The van der Waals surface area contributed by atoms with Crippen molar-refractivity contribution in [2.75, 3.05) is 11.9 Å². The summed E-state index contributed by atoms with van der Waals surface area (Å²) in [6.07, 6.45) is 0. The molecule has 0 aliphatic rings. The minimum atomic E-state index is -0.476. The van der Waals surface area contributed by atoms with Crippen molar-refractivity contribution in [3.63, 3.8) is 0 Å². The number of hydrogen-bond acceptors (Lipinski definition) is 3. The number of halogens is 1. The van der Waals surface area contributed by atoms with Crippen molar-refractivity contribution in [2.45, 2.75) is 26.4 Å². The van der Waals surface area contributed by atoms with Crippen LogP contribution < -0.4 is 21.3 Å². The minimum absolute atomic E-state index is 0.0257. The van der Waals surface area contributed by atoms with Crippen molar-refractivity contribution in [1.29, 1.82) is 0 Å². The van der Waals surface area contributed by atoms with Crippen LogP contribution in [0.25, 0.3) is 0 Å². The maximum atomic E-state index is 12.2. The second-order valence-corrected chi connectivity index (χ2v) is 6.82. The third-order valence-corrected chi connectivity index (χ3v) is 3.89. The van der Waals surface area contributed by atoms with Crippen molar-refractivity contribution in [2.24, 2.45) is 0 Å². The van der Waals surface area contributed by atoms with E-state index in [-0.39, 0.29) is 18.5 Å². The number of rotatable bonds is 7. The first-order valence-corrected chi connectivity index (χ1v) is 9.19. The number of carbonyl (C=O) groups excluding carboxylic acids is 3. The average Bonchev–Trinajstić information content (AvgIpc) is 2.65. The summed E-state index contributed by atoms with van der Waals surface area (Å²) < 4.78 is 0. The zero-order valence-electron chi connectivity index (χ0n) is 15.7. The fraction of sp³-hybridized carbons (Fsp3) is 0.250. The maximum Gasteiger partial charge on any atom is 0.315 e. The first kappa shape index (κ1) is 21.2. The smallest absolute Gasteiger partial charge is 0.315 e. The minimum Gasteiger partial charge on any atom is -0.350 e. The number of amides is 4. The van der Waals surface area contributed by atoms with Gasteiger partial charge in [-0.2, -0.15) is 0 Å². The Balaban J connectivity index is 1.83. The molecule has 0 spiro atoms. The van der Waals surface area contributed by atoms with Crippen molar-refractivity contribution in [3.05, 3.63) is 64.7 Å². The van der Waals surface area contributed by atoms with Crippen LogP contribution in [0.5, 0.6) is 0 Å². The van der Waals surface area contributed by atoms with E-state index in [9.17, 15) is 14.4 Å². The number of urea groups is 1. The molecule has 0 bridgehead atoms. The van der Waals surface area contributed by atoms with Gasteiger partial charge in [0, 0.05) is 17.6 Å². The molecule has 8 heteroatoms. The molecule has 4 N–H and O–H groups in total. The Hall–Kier alpha value is -3.06. The fourth-order valence-corrected chi connectivity index (χ4v) is 2.46. The van der Waals surface area contributed by atoms with Gasteiger partial charge in [-0.25, -0.2) is 4.79 Å². The molecule has 0 unspecified atom stereocenters. The van der Waals surface area contributed by atoms with Crippen molar-refractivity contribution < 1.29 is 14.4 Å². The molecule has 0 fully saturated rings. The highest BCUT2D eigenvalue weighted by molar-refractivity contribution is 6.30. The number of hydrogen-bond donors (Lipinski definition) is 4. The lowest BCUT2D eigenvalue weighted by molar-refractivity contribution is -0.115. The molecule has 0 aromatic heterocycles. The predicted octanol–water partition coefficient (Wildman–Crippen LogP) is 2.92. The van der Waals surface area contributed by atoms with Gasteiger partial charge in [0.2, 0.25) is 5.91 Å². The third-order valence-electron chi connectivity index (χ3n) is 3.64. The Kier molecular flexibility index (Phi) is 7.83. The molecule has 148 valence electrons. The summed E-state index contributed by atoms with van der Waals surface area (Å²) in [7, 11) is 0. The molecule has 2 aromatic rings. The van der Waals surface area contributed by atoms with Crippen LogP contribution in [-0.4, -0.2) is 30.4 Å². The Bertz CT molecular complexity index is 838. The van der Waals surface area contributed by atoms with E-state index < -0.39 is 11.9 Å². The first-order valence-electron chi connectivity index (χ1n) is 8.81. The molecule has 0 heterocycles. The Morgan fingerprint density at radius 2 is 1.64 bits per heavy atom. The first-order chi connectivity index (χ1) is 13.3. The van der Waals surface area contributed by atoms with Crippen LogP contribution in [0.4, 0.5) is 10.5 Å². The molecule has 0 aliphatic heterocycles.